The summed E-state index contributed by atoms with van der Waals surface area (Å²) in [6.07, 6.45) is 0.768. The van der Waals surface area contributed by atoms with Crippen LogP contribution in [0, 0.1) is 0 Å². The van der Waals surface area contributed by atoms with Gasteiger partial charge in [0.1, 0.15) is 5.69 Å². The highest BCUT2D eigenvalue weighted by atomic mass is 32.1. The molecule has 0 atom stereocenters. The fourth-order valence-electron chi connectivity index (χ4n) is 3.29. The number of likely N-dealkylation sites (N-methyl/N-ethyl adjacent to an activating group) is 1. The molecule has 0 aliphatic carbocycles. The first-order chi connectivity index (χ1) is 12.7. The topological polar surface area (TPSA) is 36.4 Å². The number of hydrogen-bond donors (Lipinski definition) is 0. The Morgan fingerprint density at radius 3 is 2.69 bits per heavy atom. The van der Waals surface area contributed by atoms with E-state index in [1.54, 1.807) is 11.3 Å². The van der Waals surface area contributed by atoms with Gasteiger partial charge in [0.15, 0.2) is 0 Å². The van der Waals surface area contributed by atoms with E-state index in [1.165, 1.54) is 16.8 Å². The second-order valence-corrected chi connectivity index (χ2v) is 7.51. The van der Waals surface area contributed by atoms with Crippen LogP contribution in [0.5, 0.6) is 0 Å². The Morgan fingerprint density at radius 1 is 1.08 bits per heavy atom. The molecular weight excluding hydrogens is 342 g/mol. The fraction of sp³-hybridized carbons (Fsp3) is 0.238. The average Bonchev–Trinajstić information content (AvgIpc) is 3.06. The molecule has 3 aromatic rings. The molecule has 26 heavy (non-hydrogen) atoms. The molecule has 1 aromatic heterocycles. The monoisotopic (exact) mass is 363 g/mol. The van der Waals surface area contributed by atoms with Crippen LogP contribution >= 0.6 is 11.3 Å². The Bertz CT molecular complexity index is 906. The standard InChI is InChI=1S/C21H21N3OS/c1-23-11-12-24(14-17-9-5-6-10-19(17)23)21(25)18-15-26-20(22-18)13-16-7-3-2-4-8-16/h2-10,15H,11-14H2,1H3. The number of carbonyl (C=O) groups excluding carboxylic acids is 1. The average molecular weight is 363 g/mol. The van der Waals surface area contributed by atoms with E-state index in [-0.39, 0.29) is 5.91 Å². The summed E-state index contributed by atoms with van der Waals surface area (Å²) in [6.45, 7) is 2.16. The van der Waals surface area contributed by atoms with Crippen molar-refractivity contribution in [3.05, 3.63) is 81.8 Å². The molecule has 1 amide bonds. The van der Waals surface area contributed by atoms with Gasteiger partial charge in [-0.3, -0.25) is 4.79 Å². The number of carbonyl (C=O) groups is 1. The molecular formula is C21H21N3OS. The lowest BCUT2D eigenvalue weighted by atomic mass is 10.1. The lowest BCUT2D eigenvalue weighted by Crippen LogP contribution is -2.34. The van der Waals surface area contributed by atoms with Crippen LogP contribution in [0.2, 0.25) is 0 Å². The largest absolute Gasteiger partial charge is 0.373 e. The summed E-state index contributed by atoms with van der Waals surface area (Å²) in [7, 11) is 2.08. The zero-order valence-corrected chi connectivity index (χ0v) is 15.6. The molecule has 0 unspecified atom stereocenters. The van der Waals surface area contributed by atoms with Gasteiger partial charge in [0.2, 0.25) is 0 Å². The third kappa shape index (κ3) is 3.48. The van der Waals surface area contributed by atoms with Gasteiger partial charge in [0.05, 0.1) is 5.01 Å². The van der Waals surface area contributed by atoms with Crippen molar-refractivity contribution in [3.8, 4) is 0 Å². The number of amides is 1. The van der Waals surface area contributed by atoms with Gasteiger partial charge in [-0.2, -0.15) is 0 Å². The molecule has 1 aliphatic heterocycles. The minimum atomic E-state index is 0.0191. The summed E-state index contributed by atoms with van der Waals surface area (Å²) in [6, 6.07) is 18.5. The Labute approximate surface area is 157 Å². The van der Waals surface area contributed by atoms with Crippen molar-refractivity contribution in [3.63, 3.8) is 0 Å². The summed E-state index contributed by atoms with van der Waals surface area (Å²) in [5.41, 5.74) is 4.15. The first-order valence-electron chi connectivity index (χ1n) is 8.77. The Kier molecular flexibility index (Phi) is 4.71. The quantitative estimate of drug-likeness (QED) is 0.710. The summed E-state index contributed by atoms with van der Waals surface area (Å²) in [4.78, 5) is 21.7. The Hall–Kier alpha value is -2.66. The maximum absolute atomic E-state index is 13.0. The van der Waals surface area contributed by atoms with E-state index in [9.17, 15) is 4.79 Å². The van der Waals surface area contributed by atoms with Crippen molar-refractivity contribution < 1.29 is 4.79 Å². The first kappa shape index (κ1) is 16.8. The number of para-hydroxylation sites is 1. The van der Waals surface area contributed by atoms with Gasteiger partial charge in [0, 0.05) is 44.2 Å². The molecule has 2 aromatic carbocycles. The third-order valence-corrected chi connectivity index (χ3v) is 5.57. The van der Waals surface area contributed by atoms with E-state index < -0.39 is 0 Å². The minimum Gasteiger partial charge on any atom is -0.373 e. The van der Waals surface area contributed by atoms with Crippen molar-refractivity contribution in [2.24, 2.45) is 0 Å². The van der Waals surface area contributed by atoms with E-state index in [0.717, 1.165) is 18.0 Å². The first-order valence-corrected chi connectivity index (χ1v) is 9.65. The van der Waals surface area contributed by atoms with Crippen molar-refractivity contribution in [1.82, 2.24) is 9.88 Å². The molecule has 0 saturated heterocycles. The Balaban J connectivity index is 1.51. The van der Waals surface area contributed by atoms with Crippen LogP contribution in [0.3, 0.4) is 0 Å². The predicted octanol–water partition coefficient (Wildman–Crippen LogP) is 3.83. The summed E-state index contributed by atoms with van der Waals surface area (Å²) >= 11 is 1.56. The van der Waals surface area contributed by atoms with Crippen LogP contribution in [-0.4, -0.2) is 35.9 Å². The van der Waals surface area contributed by atoms with E-state index in [0.29, 0.717) is 18.8 Å². The van der Waals surface area contributed by atoms with Gasteiger partial charge in [-0.15, -0.1) is 11.3 Å². The molecule has 0 spiro atoms. The van der Waals surface area contributed by atoms with Crippen LogP contribution in [0.1, 0.15) is 26.6 Å². The van der Waals surface area contributed by atoms with Crippen LogP contribution in [0.4, 0.5) is 5.69 Å². The summed E-state index contributed by atoms with van der Waals surface area (Å²) in [5, 5.41) is 2.87. The highest BCUT2D eigenvalue weighted by Crippen LogP contribution is 2.25. The van der Waals surface area contributed by atoms with Crippen molar-refractivity contribution in [2.45, 2.75) is 13.0 Å². The van der Waals surface area contributed by atoms with E-state index in [1.807, 2.05) is 40.6 Å². The lowest BCUT2D eigenvalue weighted by Gasteiger charge is -2.20. The van der Waals surface area contributed by atoms with Gasteiger partial charge in [0.25, 0.3) is 5.91 Å². The summed E-state index contributed by atoms with van der Waals surface area (Å²) < 4.78 is 0. The van der Waals surface area contributed by atoms with Crippen LogP contribution < -0.4 is 4.90 Å². The Morgan fingerprint density at radius 2 is 1.85 bits per heavy atom. The minimum absolute atomic E-state index is 0.0191. The molecule has 0 bridgehead atoms. The fourth-order valence-corrected chi connectivity index (χ4v) is 4.09. The molecule has 0 N–H and O–H groups in total. The molecule has 0 radical (unpaired) electrons. The van der Waals surface area contributed by atoms with Gasteiger partial charge in [-0.1, -0.05) is 48.5 Å². The second-order valence-electron chi connectivity index (χ2n) is 6.57. The number of fused-ring (bicyclic) bond motifs is 1. The SMILES string of the molecule is CN1CCN(C(=O)c2csc(Cc3ccccc3)n2)Cc2ccccc21. The molecule has 132 valence electrons. The smallest absolute Gasteiger partial charge is 0.273 e. The van der Waals surface area contributed by atoms with E-state index in [4.69, 9.17) is 0 Å². The normalized spacial score (nSPS) is 14.0. The molecule has 4 nitrogen and oxygen atoms in total. The van der Waals surface area contributed by atoms with E-state index >= 15 is 0 Å². The number of nitrogens with zero attached hydrogens (tertiary/aromatic N) is 3. The highest BCUT2D eigenvalue weighted by molar-refractivity contribution is 7.09. The third-order valence-electron chi connectivity index (χ3n) is 4.73. The lowest BCUT2D eigenvalue weighted by molar-refractivity contribution is 0.0746. The second kappa shape index (κ2) is 7.30. The van der Waals surface area contributed by atoms with Crippen LogP contribution in [0.25, 0.3) is 0 Å². The van der Waals surface area contributed by atoms with Crippen molar-refractivity contribution in [2.75, 3.05) is 25.0 Å². The molecule has 2 heterocycles. The van der Waals surface area contributed by atoms with Crippen LogP contribution in [-0.2, 0) is 13.0 Å². The van der Waals surface area contributed by atoms with Crippen LogP contribution in [0.15, 0.2) is 60.0 Å². The highest BCUT2D eigenvalue weighted by Gasteiger charge is 2.23. The number of anilines is 1. The van der Waals surface area contributed by atoms with Gasteiger partial charge >= 0.3 is 0 Å². The number of rotatable bonds is 3. The zero-order chi connectivity index (χ0) is 17.9. The molecule has 4 rings (SSSR count). The molecule has 5 heteroatoms. The molecule has 0 saturated carbocycles. The van der Waals surface area contributed by atoms with Gasteiger partial charge in [-0.05, 0) is 17.2 Å². The van der Waals surface area contributed by atoms with Gasteiger partial charge in [-0.25, -0.2) is 4.98 Å². The maximum Gasteiger partial charge on any atom is 0.273 e. The van der Waals surface area contributed by atoms with Crippen molar-refractivity contribution in [1.29, 1.82) is 0 Å². The molecule has 0 fully saturated rings. The predicted molar refractivity (Wildman–Crippen MR) is 106 cm³/mol. The number of benzene rings is 2. The number of thiazole rings is 1. The molecule has 1 aliphatic rings. The number of aromatic nitrogens is 1. The summed E-state index contributed by atoms with van der Waals surface area (Å²) in [5.74, 6) is 0.0191. The maximum atomic E-state index is 13.0. The van der Waals surface area contributed by atoms with Crippen molar-refractivity contribution >= 4 is 22.9 Å². The number of hydrogen-bond acceptors (Lipinski definition) is 4. The van der Waals surface area contributed by atoms with Gasteiger partial charge < -0.3 is 9.80 Å². The zero-order valence-electron chi connectivity index (χ0n) is 14.8. The van der Waals surface area contributed by atoms with E-state index in [2.05, 4.69) is 41.2 Å².